The molecule has 1 aliphatic carbocycles. The molecule has 0 bridgehead atoms. The number of fused-ring (bicyclic) bond motifs is 1. The third-order valence-electron chi connectivity index (χ3n) is 4.10. The summed E-state index contributed by atoms with van der Waals surface area (Å²) in [6, 6.07) is 10.9. The molecule has 0 aromatic heterocycles. The third-order valence-corrected chi connectivity index (χ3v) is 4.10. The first-order valence-corrected chi connectivity index (χ1v) is 6.87. The number of carbonyl (C=O) groups is 1. The summed E-state index contributed by atoms with van der Waals surface area (Å²) >= 11 is 0. The van der Waals surface area contributed by atoms with Crippen LogP contribution in [0.2, 0.25) is 0 Å². The van der Waals surface area contributed by atoms with Crippen LogP contribution in [-0.4, -0.2) is 23.1 Å². The minimum atomic E-state index is -0.273. The van der Waals surface area contributed by atoms with Crippen LogP contribution in [0.4, 0.5) is 0 Å². The van der Waals surface area contributed by atoms with Crippen molar-refractivity contribution in [2.75, 3.05) is 6.54 Å². The van der Waals surface area contributed by atoms with Gasteiger partial charge in [0.2, 0.25) is 0 Å². The van der Waals surface area contributed by atoms with E-state index >= 15 is 0 Å². The van der Waals surface area contributed by atoms with Crippen molar-refractivity contribution in [3.63, 3.8) is 0 Å². The number of nitrogens with two attached hydrogens (primary N) is 1. The van der Waals surface area contributed by atoms with Crippen molar-refractivity contribution < 1.29 is 9.90 Å². The monoisotopic (exact) mass is 270 g/mol. The molecule has 0 heterocycles. The zero-order valence-electron chi connectivity index (χ0n) is 11.2. The van der Waals surface area contributed by atoms with E-state index in [9.17, 15) is 9.90 Å². The average Bonchev–Trinajstić information content (AvgIpc) is 2.43. The summed E-state index contributed by atoms with van der Waals surface area (Å²) in [5, 5.41) is 14.7. The van der Waals surface area contributed by atoms with E-state index in [4.69, 9.17) is 5.73 Å². The Kier molecular flexibility index (Phi) is 3.10. The highest BCUT2D eigenvalue weighted by Gasteiger charge is 2.32. The largest absolute Gasteiger partial charge is 0.506 e. The Morgan fingerprint density at radius 2 is 2.00 bits per heavy atom. The first-order valence-electron chi connectivity index (χ1n) is 6.87. The van der Waals surface area contributed by atoms with Crippen molar-refractivity contribution in [2.45, 2.75) is 24.8 Å². The van der Waals surface area contributed by atoms with Crippen molar-refractivity contribution >= 4 is 16.7 Å². The maximum atomic E-state index is 12.2. The van der Waals surface area contributed by atoms with Gasteiger partial charge in [-0.25, -0.2) is 0 Å². The number of phenolic OH excluding ortho intramolecular Hbond substituents is 1. The molecule has 1 fully saturated rings. The van der Waals surface area contributed by atoms with Crippen LogP contribution < -0.4 is 11.1 Å². The molecule has 4 nitrogen and oxygen atoms in total. The highest BCUT2D eigenvalue weighted by atomic mass is 16.3. The van der Waals surface area contributed by atoms with E-state index in [1.165, 1.54) is 0 Å². The van der Waals surface area contributed by atoms with Gasteiger partial charge < -0.3 is 16.2 Å². The summed E-state index contributed by atoms with van der Waals surface area (Å²) in [6.07, 6.45) is 3.00. The summed E-state index contributed by atoms with van der Waals surface area (Å²) in [7, 11) is 0. The lowest BCUT2D eigenvalue weighted by Crippen LogP contribution is -2.54. The maximum Gasteiger partial charge on any atom is 0.255 e. The van der Waals surface area contributed by atoms with E-state index < -0.39 is 0 Å². The second kappa shape index (κ2) is 4.80. The lowest BCUT2D eigenvalue weighted by molar-refractivity contribution is 0.0927. The molecule has 20 heavy (non-hydrogen) atoms. The number of amides is 1. The highest BCUT2D eigenvalue weighted by Crippen LogP contribution is 2.30. The molecule has 1 aliphatic rings. The first-order chi connectivity index (χ1) is 9.59. The van der Waals surface area contributed by atoms with Crippen molar-refractivity contribution in [3.8, 4) is 5.75 Å². The number of aromatic hydroxyl groups is 1. The molecule has 2 aromatic rings. The van der Waals surface area contributed by atoms with Gasteiger partial charge in [-0.15, -0.1) is 0 Å². The van der Waals surface area contributed by atoms with E-state index in [2.05, 4.69) is 5.32 Å². The number of hydrogen-bond acceptors (Lipinski definition) is 3. The molecule has 4 N–H and O–H groups in total. The quantitative estimate of drug-likeness (QED) is 0.800. The van der Waals surface area contributed by atoms with Gasteiger partial charge in [-0.1, -0.05) is 30.3 Å². The Balaban J connectivity index is 1.82. The molecular formula is C16H18N2O2. The fraction of sp³-hybridized carbons (Fsp3) is 0.312. The Bertz CT molecular complexity index is 663. The smallest absolute Gasteiger partial charge is 0.255 e. The molecular weight excluding hydrogens is 252 g/mol. The number of carbonyl (C=O) groups excluding carboxylic acids is 1. The molecule has 1 saturated carbocycles. The van der Waals surface area contributed by atoms with E-state index in [1.54, 1.807) is 12.1 Å². The number of hydrogen-bond donors (Lipinski definition) is 3. The molecule has 104 valence electrons. The molecule has 2 aromatic carbocycles. The zero-order chi connectivity index (χ0) is 14.2. The van der Waals surface area contributed by atoms with Crippen molar-refractivity contribution in [1.29, 1.82) is 0 Å². The Labute approximate surface area is 117 Å². The number of nitrogens with one attached hydrogen (secondary N) is 1. The van der Waals surface area contributed by atoms with Crippen LogP contribution in [0.3, 0.4) is 0 Å². The van der Waals surface area contributed by atoms with Crippen LogP contribution in [0.5, 0.6) is 5.75 Å². The second-order valence-electron chi connectivity index (χ2n) is 5.58. The lowest BCUT2D eigenvalue weighted by Gasteiger charge is -2.38. The highest BCUT2D eigenvalue weighted by molar-refractivity contribution is 6.03. The predicted octanol–water partition coefficient (Wildman–Crippen LogP) is 2.16. The van der Waals surface area contributed by atoms with Crippen LogP contribution in [0.1, 0.15) is 29.6 Å². The minimum absolute atomic E-state index is 0.0280. The molecule has 4 heteroatoms. The molecule has 3 rings (SSSR count). The van der Waals surface area contributed by atoms with Gasteiger partial charge in [0, 0.05) is 17.5 Å². The summed E-state index contributed by atoms with van der Waals surface area (Å²) in [4.78, 5) is 12.2. The first kappa shape index (κ1) is 12.9. The summed E-state index contributed by atoms with van der Waals surface area (Å²) < 4.78 is 0. The van der Waals surface area contributed by atoms with Gasteiger partial charge in [0.15, 0.2) is 0 Å². The predicted molar refractivity (Wildman–Crippen MR) is 78.7 cm³/mol. The lowest BCUT2D eigenvalue weighted by atomic mass is 9.78. The molecule has 0 spiro atoms. The Hall–Kier alpha value is -2.07. The van der Waals surface area contributed by atoms with Crippen molar-refractivity contribution in [3.05, 3.63) is 42.0 Å². The third kappa shape index (κ3) is 2.23. The topological polar surface area (TPSA) is 75.3 Å². The molecule has 0 unspecified atom stereocenters. The molecule has 0 radical (unpaired) electrons. The number of phenols is 1. The van der Waals surface area contributed by atoms with Gasteiger partial charge in [-0.2, -0.15) is 0 Å². The van der Waals surface area contributed by atoms with Crippen molar-refractivity contribution in [2.24, 2.45) is 5.73 Å². The Morgan fingerprint density at radius 1 is 1.25 bits per heavy atom. The van der Waals surface area contributed by atoms with Gasteiger partial charge in [0.25, 0.3) is 5.91 Å². The summed E-state index contributed by atoms with van der Waals surface area (Å²) in [5.41, 5.74) is 6.12. The van der Waals surface area contributed by atoms with Crippen LogP contribution in [0, 0.1) is 0 Å². The van der Waals surface area contributed by atoms with Crippen molar-refractivity contribution in [1.82, 2.24) is 5.32 Å². The maximum absolute atomic E-state index is 12.2. The Morgan fingerprint density at radius 3 is 2.70 bits per heavy atom. The SMILES string of the molecule is NC1(CNC(=O)c2ccc3ccccc3c2O)CCC1. The van der Waals surface area contributed by atoms with E-state index in [0.29, 0.717) is 17.5 Å². The van der Waals surface area contributed by atoms with Crippen LogP contribution in [-0.2, 0) is 0 Å². The van der Waals surface area contributed by atoms with E-state index in [0.717, 1.165) is 24.6 Å². The normalized spacial score (nSPS) is 16.6. The fourth-order valence-electron chi connectivity index (χ4n) is 2.60. The minimum Gasteiger partial charge on any atom is -0.506 e. The van der Waals surface area contributed by atoms with E-state index in [-0.39, 0.29) is 17.2 Å². The molecule has 1 amide bonds. The van der Waals surface area contributed by atoms with Gasteiger partial charge in [0.1, 0.15) is 5.75 Å². The van der Waals surface area contributed by atoms with Gasteiger partial charge in [-0.3, -0.25) is 4.79 Å². The summed E-state index contributed by atoms with van der Waals surface area (Å²) in [6.45, 7) is 0.456. The van der Waals surface area contributed by atoms with Crippen LogP contribution >= 0.6 is 0 Å². The van der Waals surface area contributed by atoms with Gasteiger partial charge >= 0.3 is 0 Å². The van der Waals surface area contributed by atoms with E-state index in [1.807, 2.05) is 24.3 Å². The molecule has 0 saturated heterocycles. The number of rotatable bonds is 3. The molecule has 0 atom stereocenters. The summed E-state index contributed by atoms with van der Waals surface area (Å²) in [5.74, 6) is -0.245. The fourth-order valence-corrected chi connectivity index (χ4v) is 2.60. The van der Waals surface area contributed by atoms with Crippen LogP contribution in [0.25, 0.3) is 10.8 Å². The van der Waals surface area contributed by atoms with Gasteiger partial charge in [0.05, 0.1) is 5.56 Å². The zero-order valence-corrected chi connectivity index (χ0v) is 11.2. The standard InChI is InChI=1S/C16H18N2O2/c17-16(8-3-9-16)10-18-15(20)13-7-6-11-4-1-2-5-12(11)14(13)19/h1-2,4-7,19H,3,8-10,17H2,(H,18,20). The van der Waals surface area contributed by atoms with Gasteiger partial charge in [-0.05, 0) is 30.7 Å². The van der Waals surface area contributed by atoms with Crippen LogP contribution in [0.15, 0.2) is 36.4 Å². The second-order valence-corrected chi connectivity index (χ2v) is 5.58. The average molecular weight is 270 g/mol. The molecule has 0 aliphatic heterocycles. The number of benzene rings is 2.